The van der Waals surface area contributed by atoms with Crippen molar-refractivity contribution in [2.45, 2.75) is 6.92 Å². The summed E-state index contributed by atoms with van der Waals surface area (Å²) in [5, 5.41) is 0. The van der Waals surface area contributed by atoms with E-state index in [-0.39, 0.29) is 5.97 Å². The molecule has 0 spiro atoms. The molecule has 4 nitrogen and oxygen atoms in total. The summed E-state index contributed by atoms with van der Waals surface area (Å²) in [7, 11) is 3.27. The highest BCUT2D eigenvalue weighted by Gasteiger charge is 2.14. The van der Waals surface area contributed by atoms with E-state index in [1.165, 1.54) is 7.11 Å². The number of benzene rings is 1. The van der Waals surface area contributed by atoms with E-state index in [9.17, 15) is 4.79 Å². The van der Waals surface area contributed by atoms with Gasteiger partial charge in [0, 0.05) is 7.05 Å². The summed E-state index contributed by atoms with van der Waals surface area (Å²) in [4.78, 5) is 15.9. The van der Waals surface area contributed by atoms with Crippen LogP contribution < -0.4 is 0 Å². The van der Waals surface area contributed by atoms with Gasteiger partial charge in [0.25, 0.3) is 0 Å². The number of imidazole rings is 1. The molecule has 2 rings (SSSR count). The zero-order chi connectivity index (χ0) is 11.0. The van der Waals surface area contributed by atoms with Gasteiger partial charge in [-0.25, -0.2) is 9.78 Å². The molecule has 78 valence electrons. The Bertz CT molecular complexity index is 529. The third kappa shape index (κ3) is 1.38. The fraction of sp³-hybridized carbons (Fsp3) is 0.273. The van der Waals surface area contributed by atoms with Crippen LogP contribution in [0.5, 0.6) is 0 Å². The minimum atomic E-state index is -0.330. The summed E-state index contributed by atoms with van der Waals surface area (Å²) in [5.74, 6) is 0.546. The van der Waals surface area contributed by atoms with Gasteiger partial charge in [0.05, 0.1) is 23.7 Å². The highest BCUT2D eigenvalue weighted by Crippen LogP contribution is 2.19. The molecular formula is C11H12N2O2. The molecular weight excluding hydrogens is 192 g/mol. The van der Waals surface area contributed by atoms with E-state index in [4.69, 9.17) is 4.74 Å². The van der Waals surface area contributed by atoms with Crippen LogP contribution >= 0.6 is 0 Å². The number of rotatable bonds is 1. The summed E-state index contributed by atoms with van der Waals surface area (Å²) in [5.41, 5.74) is 2.19. The van der Waals surface area contributed by atoms with Crippen LogP contribution in [0.3, 0.4) is 0 Å². The van der Waals surface area contributed by atoms with E-state index in [1.54, 1.807) is 12.1 Å². The number of hydrogen-bond acceptors (Lipinski definition) is 3. The number of carbonyl (C=O) groups is 1. The van der Waals surface area contributed by atoms with Crippen molar-refractivity contribution in [1.29, 1.82) is 0 Å². The lowest BCUT2D eigenvalue weighted by atomic mass is 10.2. The first-order valence-corrected chi connectivity index (χ1v) is 4.65. The largest absolute Gasteiger partial charge is 0.465 e. The van der Waals surface area contributed by atoms with Crippen LogP contribution in [0.25, 0.3) is 11.0 Å². The SMILES string of the molecule is COC(=O)c1cccc2nc(C)n(C)c12. The van der Waals surface area contributed by atoms with Gasteiger partial charge in [0.2, 0.25) is 0 Å². The number of para-hydroxylation sites is 1. The molecule has 0 saturated heterocycles. The summed E-state index contributed by atoms with van der Waals surface area (Å²) in [6, 6.07) is 5.44. The van der Waals surface area contributed by atoms with E-state index in [0.717, 1.165) is 16.9 Å². The molecule has 0 bridgehead atoms. The van der Waals surface area contributed by atoms with E-state index < -0.39 is 0 Å². The number of carbonyl (C=O) groups excluding carboxylic acids is 1. The molecule has 0 radical (unpaired) electrons. The Balaban J connectivity index is 2.80. The molecule has 0 aliphatic carbocycles. The number of methoxy groups -OCH3 is 1. The first-order chi connectivity index (χ1) is 7.15. The van der Waals surface area contributed by atoms with Crippen molar-refractivity contribution in [3.05, 3.63) is 29.6 Å². The van der Waals surface area contributed by atoms with Crippen LogP contribution in [0.4, 0.5) is 0 Å². The van der Waals surface area contributed by atoms with Crippen molar-refractivity contribution in [3.8, 4) is 0 Å². The van der Waals surface area contributed by atoms with Gasteiger partial charge in [-0.2, -0.15) is 0 Å². The molecule has 4 heteroatoms. The third-order valence-corrected chi connectivity index (χ3v) is 2.52. The van der Waals surface area contributed by atoms with Gasteiger partial charge in [-0.3, -0.25) is 0 Å². The maximum atomic E-state index is 11.5. The monoisotopic (exact) mass is 204 g/mol. The Labute approximate surface area is 87.5 Å². The minimum absolute atomic E-state index is 0.330. The lowest BCUT2D eigenvalue weighted by Crippen LogP contribution is -2.04. The first-order valence-electron chi connectivity index (χ1n) is 4.65. The van der Waals surface area contributed by atoms with Gasteiger partial charge in [-0.05, 0) is 19.1 Å². The predicted octanol–water partition coefficient (Wildman–Crippen LogP) is 1.67. The fourth-order valence-corrected chi connectivity index (χ4v) is 1.66. The normalized spacial score (nSPS) is 10.6. The van der Waals surface area contributed by atoms with Crippen LogP contribution in [0.2, 0.25) is 0 Å². The van der Waals surface area contributed by atoms with Crippen molar-refractivity contribution in [3.63, 3.8) is 0 Å². The Morgan fingerprint density at radius 3 is 2.87 bits per heavy atom. The molecule has 0 fully saturated rings. The third-order valence-electron chi connectivity index (χ3n) is 2.52. The number of aromatic nitrogens is 2. The van der Waals surface area contributed by atoms with Gasteiger partial charge in [0.15, 0.2) is 0 Å². The maximum Gasteiger partial charge on any atom is 0.340 e. The van der Waals surface area contributed by atoms with Gasteiger partial charge in [0.1, 0.15) is 5.82 Å². The van der Waals surface area contributed by atoms with Gasteiger partial charge in [-0.1, -0.05) is 6.07 Å². The molecule has 0 unspecified atom stereocenters. The lowest BCUT2D eigenvalue weighted by molar-refractivity contribution is 0.0602. The number of nitrogens with zero attached hydrogens (tertiary/aromatic N) is 2. The molecule has 15 heavy (non-hydrogen) atoms. The van der Waals surface area contributed by atoms with Crippen molar-refractivity contribution in [1.82, 2.24) is 9.55 Å². The van der Waals surface area contributed by atoms with Crippen molar-refractivity contribution in [2.75, 3.05) is 7.11 Å². The molecule has 1 aromatic carbocycles. The van der Waals surface area contributed by atoms with Gasteiger partial charge in [-0.15, -0.1) is 0 Å². The summed E-state index contributed by atoms with van der Waals surface area (Å²) < 4.78 is 6.62. The number of hydrogen-bond donors (Lipinski definition) is 0. The van der Waals surface area contributed by atoms with Gasteiger partial charge < -0.3 is 9.30 Å². The second-order valence-corrected chi connectivity index (χ2v) is 3.38. The number of fused-ring (bicyclic) bond motifs is 1. The van der Waals surface area contributed by atoms with E-state index >= 15 is 0 Å². The Morgan fingerprint density at radius 2 is 2.20 bits per heavy atom. The molecule has 0 aliphatic heterocycles. The van der Waals surface area contributed by atoms with Crippen LogP contribution in [0, 0.1) is 6.92 Å². The molecule has 2 aromatic rings. The molecule has 0 saturated carbocycles. The smallest absolute Gasteiger partial charge is 0.340 e. The zero-order valence-electron chi connectivity index (χ0n) is 8.94. The topological polar surface area (TPSA) is 44.1 Å². The molecule has 0 atom stereocenters. The maximum absolute atomic E-state index is 11.5. The summed E-state index contributed by atoms with van der Waals surface area (Å²) in [6.07, 6.45) is 0. The highest BCUT2D eigenvalue weighted by atomic mass is 16.5. The van der Waals surface area contributed by atoms with Crippen LogP contribution in [-0.2, 0) is 11.8 Å². The lowest BCUT2D eigenvalue weighted by Gasteiger charge is -2.03. The van der Waals surface area contributed by atoms with Crippen LogP contribution in [-0.4, -0.2) is 22.6 Å². The fourth-order valence-electron chi connectivity index (χ4n) is 1.66. The quantitative estimate of drug-likeness (QED) is 0.664. The molecule has 1 heterocycles. The van der Waals surface area contributed by atoms with Crippen molar-refractivity contribution < 1.29 is 9.53 Å². The predicted molar refractivity (Wildman–Crippen MR) is 56.8 cm³/mol. The second-order valence-electron chi connectivity index (χ2n) is 3.38. The standard InChI is InChI=1S/C11H12N2O2/c1-7-12-9-6-4-5-8(11(14)15-3)10(9)13(7)2/h4-6H,1-3H3. The van der Waals surface area contributed by atoms with Crippen LogP contribution in [0.15, 0.2) is 18.2 Å². The summed E-state index contributed by atoms with van der Waals surface area (Å²) in [6.45, 7) is 1.90. The van der Waals surface area contributed by atoms with E-state index in [0.29, 0.717) is 5.56 Å². The van der Waals surface area contributed by atoms with Crippen LogP contribution in [0.1, 0.15) is 16.2 Å². The first kappa shape index (κ1) is 9.71. The van der Waals surface area contributed by atoms with Gasteiger partial charge >= 0.3 is 5.97 Å². The Hall–Kier alpha value is -1.84. The number of aryl methyl sites for hydroxylation is 2. The Morgan fingerprint density at radius 1 is 1.47 bits per heavy atom. The van der Waals surface area contributed by atoms with E-state index in [1.807, 2.05) is 24.6 Å². The summed E-state index contributed by atoms with van der Waals surface area (Å²) >= 11 is 0. The highest BCUT2D eigenvalue weighted by molar-refractivity contribution is 6.02. The second kappa shape index (κ2) is 3.38. The minimum Gasteiger partial charge on any atom is -0.465 e. The number of ether oxygens (including phenoxy) is 1. The molecule has 0 N–H and O–H groups in total. The van der Waals surface area contributed by atoms with E-state index in [2.05, 4.69) is 4.98 Å². The zero-order valence-corrected chi connectivity index (χ0v) is 8.94. The average molecular weight is 204 g/mol. The molecule has 0 aliphatic rings. The average Bonchev–Trinajstić information content (AvgIpc) is 2.54. The Kier molecular flexibility index (Phi) is 2.19. The van der Waals surface area contributed by atoms with Crippen molar-refractivity contribution in [2.24, 2.45) is 7.05 Å². The number of esters is 1. The molecule has 1 aromatic heterocycles. The molecule has 0 amide bonds. The van der Waals surface area contributed by atoms with Crippen molar-refractivity contribution >= 4 is 17.0 Å².